The first-order valence-corrected chi connectivity index (χ1v) is 13.6. The Hall–Kier alpha value is -4.87. The van der Waals surface area contributed by atoms with Crippen LogP contribution in [0.3, 0.4) is 0 Å². The van der Waals surface area contributed by atoms with Crippen LogP contribution in [0.25, 0.3) is 11.3 Å². The molecule has 12 heteroatoms. The van der Waals surface area contributed by atoms with Gasteiger partial charge in [-0.3, -0.25) is 14.4 Å². The minimum absolute atomic E-state index is 0.0141. The number of esters is 1. The van der Waals surface area contributed by atoms with Gasteiger partial charge in [0.2, 0.25) is 11.8 Å². The minimum atomic E-state index is -4.63. The summed E-state index contributed by atoms with van der Waals surface area (Å²) in [5.41, 5.74) is 4.71. The van der Waals surface area contributed by atoms with E-state index in [9.17, 15) is 32.3 Å². The first-order valence-electron chi connectivity index (χ1n) is 13.6. The van der Waals surface area contributed by atoms with E-state index in [1.54, 1.807) is 6.92 Å². The molecular formula is C31H33F3N4O5. The van der Waals surface area contributed by atoms with Crippen molar-refractivity contribution < 1.29 is 37.1 Å². The van der Waals surface area contributed by atoms with Gasteiger partial charge >= 0.3 is 12.1 Å². The standard InChI is InChI=1S/C31H33F3N4O5/c1-3-43-30(42)26(15-9-10-16-27(35)39)38(28(40)20-17-21-11-5-4-6-12-21)37(2)29(41)25-19-18-24(36-25)22-13-7-8-14-23(22)31(32,33)34/h4-8,11-15,18-19,36H,3,9-10,16-17,20H2,1-2H3,(H2,35,39)/b26-15-. The molecule has 2 aromatic carbocycles. The van der Waals surface area contributed by atoms with Crippen LogP contribution >= 0.6 is 0 Å². The fourth-order valence-electron chi connectivity index (χ4n) is 4.35. The molecule has 3 amide bonds. The number of nitrogens with one attached hydrogen (secondary N) is 1. The van der Waals surface area contributed by atoms with E-state index < -0.39 is 35.4 Å². The number of ether oxygens (including phenoxy) is 1. The van der Waals surface area contributed by atoms with Crippen LogP contribution in [-0.4, -0.2) is 52.3 Å². The normalized spacial score (nSPS) is 11.6. The van der Waals surface area contributed by atoms with E-state index in [0.717, 1.165) is 21.6 Å². The van der Waals surface area contributed by atoms with Crippen molar-refractivity contribution in [2.24, 2.45) is 5.73 Å². The van der Waals surface area contributed by atoms with Gasteiger partial charge in [-0.1, -0.05) is 54.6 Å². The lowest BCUT2D eigenvalue weighted by Crippen LogP contribution is -2.49. The number of aromatic amines is 1. The predicted octanol–water partition coefficient (Wildman–Crippen LogP) is 5.25. The van der Waals surface area contributed by atoms with E-state index in [1.165, 1.54) is 43.5 Å². The summed E-state index contributed by atoms with van der Waals surface area (Å²) in [6, 6.07) is 16.7. The summed E-state index contributed by atoms with van der Waals surface area (Å²) in [6.45, 7) is 1.57. The Morgan fingerprint density at radius 3 is 2.28 bits per heavy atom. The zero-order chi connectivity index (χ0) is 31.6. The van der Waals surface area contributed by atoms with Crippen molar-refractivity contribution >= 4 is 23.7 Å². The second-order valence-electron chi connectivity index (χ2n) is 9.52. The van der Waals surface area contributed by atoms with Gasteiger partial charge in [0.1, 0.15) is 11.4 Å². The molecule has 0 aliphatic heterocycles. The predicted molar refractivity (Wildman–Crippen MR) is 153 cm³/mol. The number of nitrogens with zero attached hydrogens (tertiary/aromatic N) is 2. The van der Waals surface area contributed by atoms with Crippen LogP contribution in [0.15, 0.2) is 78.5 Å². The number of benzene rings is 2. The molecule has 0 spiro atoms. The number of hydrogen-bond acceptors (Lipinski definition) is 5. The number of hydrogen-bond donors (Lipinski definition) is 2. The number of unbranched alkanes of at least 4 members (excludes halogenated alkanes) is 1. The Morgan fingerprint density at radius 2 is 1.63 bits per heavy atom. The van der Waals surface area contributed by atoms with Crippen LogP contribution in [0, 0.1) is 0 Å². The zero-order valence-electron chi connectivity index (χ0n) is 23.8. The summed E-state index contributed by atoms with van der Waals surface area (Å²) >= 11 is 0. The molecule has 0 unspecified atom stereocenters. The number of H-pyrrole nitrogens is 1. The maximum Gasteiger partial charge on any atom is 0.417 e. The summed E-state index contributed by atoms with van der Waals surface area (Å²) < 4.78 is 46.0. The molecule has 0 saturated carbocycles. The number of aromatic nitrogens is 1. The van der Waals surface area contributed by atoms with Gasteiger partial charge in [-0.15, -0.1) is 0 Å². The molecule has 3 N–H and O–H groups in total. The number of carbonyl (C=O) groups is 4. The lowest BCUT2D eigenvalue weighted by molar-refractivity contribution is -0.150. The van der Waals surface area contributed by atoms with Crippen LogP contribution in [0.1, 0.15) is 54.2 Å². The van der Waals surface area contributed by atoms with Gasteiger partial charge in [0.15, 0.2) is 0 Å². The van der Waals surface area contributed by atoms with Crippen molar-refractivity contribution in [3.05, 3.63) is 95.3 Å². The fourth-order valence-corrected chi connectivity index (χ4v) is 4.35. The molecule has 228 valence electrons. The molecule has 3 aromatic rings. The molecule has 0 radical (unpaired) electrons. The summed E-state index contributed by atoms with van der Waals surface area (Å²) in [4.78, 5) is 54.2. The van der Waals surface area contributed by atoms with Gasteiger partial charge in [-0.25, -0.2) is 14.8 Å². The topological polar surface area (TPSA) is 126 Å². The summed E-state index contributed by atoms with van der Waals surface area (Å²) in [6.07, 6.45) is -2.54. The second kappa shape index (κ2) is 14.9. The molecule has 0 atom stereocenters. The second-order valence-corrected chi connectivity index (χ2v) is 9.52. The molecular weight excluding hydrogens is 565 g/mol. The third-order valence-corrected chi connectivity index (χ3v) is 6.42. The highest BCUT2D eigenvalue weighted by Gasteiger charge is 2.35. The number of carbonyl (C=O) groups excluding carboxylic acids is 4. The maximum absolute atomic E-state index is 13.6. The fraction of sp³-hybridized carbons (Fsp3) is 0.290. The average molecular weight is 599 g/mol. The highest BCUT2D eigenvalue weighted by atomic mass is 19.4. The number of aryl methyl sites for hydroxylation is 1. The number of allylic oxidation sites excluding steroid dienone is 1. The van der Waals surface area contributed by atoms with Crippen molar-refractivity contribution in [3.63, 3.8) is 0 Å². The number of amides is 3. The summed E-state index contributed by atoms with van der Waals surface area (Å²) in [7, 11) is 1.27. The van der Waals surface area contributed by atoms with E-state index in [1.807, 2.05) is 30.3 Å². The number of rotatable bonds is 12. The zero-order valence-corrected chi connectivity index (χ0v) is 23.8. The molecule has 3 rings (SSSR count). The summed E-state index contributed by atoms with van der Waals surface area (Å²) in [5, 5.41) is 1.81. The SMILES string of the molecule is CCOC(=O)/C(=C/CCCC(N)=O)N(C(=O)CCc1ccccc1)N(C)C(=O)c1ccc(-c2ccccc2C(F)(F)F)[nH]1. The van der Waals surface area contributed by atoms with Crippen LogP contribution in [0.4, 0.5) is 13.2 Å². The Labute approximate surface area is 247 Å². The van der Waals surface area contributed by atoms with E-state index in [4.69, 9.17) is 10.5 Å². The van der Waals surface area contributed by atoms with Crippen molar-refractivity contribution in [1.82, 2.24) is 15.0 Å². The van der Waals surface area contributed by atoms with Gasteiger partial charge in [0.05, 0.1) is 12.2 Å². The van der Waals surface area contributed by atoms with Gasteiger partial charge in [-0.05, 0) is 49.9 Å². The molecule has 1 aromatic heterocycles. The van der Waals surface area contributed by atoms with Gasteiger partial charge in [0, 0.05) is 31.1 Å². The molecule has 0 bridgehead atoms. The molecule has 0 aliphatic carbocycles. The van der Waals surface area contributed by atoms with Crippen molar-refractivity contribution in [3.8, 4) is 11.3 Å². The highest BCUT2D eigenvalue weighted by Crippen LogP contribution is 2.36. The van der Waals surface area contributed by atoms with E-state index in [0.29, 0.717) is 6.42 Å². The molecule has 9 nitrogen and oxygen atoms in total. The quantitative estimate of drug-likeness (QED) is 0.128. The number of nitrogens with two attached hydrogens (primary N) is 1. The number of hydrazine groups is 1. The maximum atomic E-state index is 13.6. The Bertz CT molecular complexity index is 1470. The van der Waals surface area contributed by atoms with Crippen LogP contribution in [-0.2, 0) is 31.7 Å². The van der Waals surface area contributed by atoms with Crippen LogP contribution < -0.4 is 5.73 Å². The van der Waals surface area contributed by atoms with Crippen molar-refractivity contribution in [2.75, 3.05) is 13.7 Å². The number of halogens is 3. The third-order valence-electron chi connectivity index (χ3n) is 6.42. The lowest BCUT2D eigenvalue weighted by atomic mass is 10.0. The lowest BCUT2D eigenvalue weighted by Gasteiger charge is -2.32. The smallest absolute Gasteiger partial charge is 0.417 e. The molecule has 0 aliphatic rings. The van der Waals surface area contributed by atoms with Gasteiger partial charge in [0.25, 0.3) is 5.91 Å². The van der Waals surface area contributed by atoms with Gasteiger partial charge < -0.3 is 15.5 Å². The van der Waals surface area contributed by atoms with E-state index in [-0.39, 0.29) is 54.9 Å². The number of primary amides is 1. The first kappa shape index (κ1) is 32.6. The van der Waals surface area contributed by atoms with E-state index >= 15 is 0 Å². The molecule has 43 heavy (non-hydrogen) atoms. The molecule has 0 fully saturated rings. The van der Waals surface area contributed by atoms with E-state index in [2.05, 4.69) is 4.98 Å². The highest BCUT2D eigenvalue weighted by molar-refractivity contribution is 5.98. The third kappa shape index (κ3) is 8.81. The van der Waals surface area contributed by atoms with Crippen LogP contribution in [0.2, 0.25) is 0 Å². The van der Waals surface area contributed by atoms with Gasteiger partial charge in [-0.2, -0.15) is 13.2 Å². The monoisotopic (exact) mass is 598 g/mol. The average Bonchev–Trinajstić information content (AvgIpc) is 3.47. The van der Waals surface area contributed by atoms with Crippen LogP contribution in [0.5, 0.6) is 0 Å². The van der Waals surface area contributed by atoms with Crippen molar-refractivity contribution in [2.45, 2.75) is 45.2 Å². The Morgan fingerprint density at radius 1 is 0.953 bits per heavy atom. The Kier molecular flexibility index (Phi) is 11.3. The number of alkyl halides is 3. The first-order chi connectivity index (χ1) is 20.4. The summed E-state index contributed by atoms with van der Waals surface area (Å²) in [5.74, 6) is -2.82. The molecule has 0 saturated heterocycles. The van der Waals surface area contributed by atoms with Crippen molar-refractivity contribution in [1.29, 1.82) is 0 Å². The largest absolute Gasteiger partial charge is 0.461 e. The molecule has 1 heterocycles. The Balaban J connectivity index is 1.98. The minimum Gasteiger partial charge on any atom is -0.461 e.